The van der Waals surface area contributed by atoms with Crippen LogP contribution in [0.15, 0.2) is 24.8 Å². The molecule has 3 aromatic heterocycles. The molecule has 1 aliphatic rings. The van der Waals surface area contributed by atoms with E-state index in [1.165, 1.54) is 0 Å². The number of hydrogen-bond donors (Lipinski definition) is 1. The number of H-pyrrole nitrogens is 1. The van der Waals surface area contributed by atoms with Crippen LogP contribution in [0.25, 0.3) is 22.1 Å². The molecule has 0 saturated carbocycles. The first kappa shape index (κ1) is 13.8. The Morgan fingerprint density at radius 1 is 1.39 bits per heavy atom. The number of nitrogens with zero attached hydrogens (tertiary/aromatic N) is 5. The third-order valence-corrected chi connectivity index (χ3v) is 4.56. The van der Waals surface area contributed by atoms with Crippen LogP contribution < -0.4 is 0 Å². The summed E-state index contributed by atoms with van der Waals surface area (Å²) in [5.74, 6) is -0.0707. The maximum atomic E-state index is 11.8. The zero-order valence-electron chi connectivity index (χ0n) is 12.6. The largest absolute Gasteiger partial charge is 0.346 e. The van der Waals surface area contributed by atoms with Crippen molar-refractivity contribution in [3.8, 4) is 6.07 Å². The number of fused-ring (bicyclic) bond motifs is 3. The van der Waals surface area contributed by atoms with E-state index in [2.05, 4.69) is 19.5 Å². The van der Waals surface area contributed by atoms with Crippen molar-refractivity contribution in [3.63, 3.8) is 0 Å². The molecule has 4 rings (SSSR count). The second-order valence-electron chi connectivity index (χ2n) is 5.83. The number of aromatic amines is 1. The summed E-state index contributed by atoms with van der Waals surface area (Å²) >= 11 is 0. The summed E-state index contributed by atoms with van der Waals surface area (Å²) in [5, 5.41) is 9.72. The van der Waals surface area contributed by atoms with Crippen LogP contribution in [0.1, 0.15) is 25.3 Å². The monoisotopic (exact) mass is 308 g/mol. The second kappa shape index (κ2) is 5.39. The summed E-state index contributed by atoms with van der Waals surface area (Å²) in [7, 11) is 0. The van der Waals surface area contributed by atoms with E-state index in [-0.39, 0.29) is 12.3 Å². The molecule has 1 fully saturated rings. The zero-order chi connectivity index (χ0) is 15.8. The SMILES string of the molecule is N#CCC(=O)N1CCC(n2cnc3cnc4[nH]ccc4c32)CC1. The number of pyridine rings is 1. The Balaban J connectivity index is 1.63. The molecule has 23 heavy (non-hydrogen) atoms. The van der Waals surface area contributed by atoms with Gasteiger partial charge in [-0.1, -0.05) is 0 Å². The molecule has 0 radical (unpaired) electrons. The van der Waals surface area contributed by atoms with E-state index in [0.29, 0.717) is 19.1 Å². The fourth-order valence-electron chi connectivity index (χ4n) is 3.38. The van der Waals surface area contributed by atoms with Crippen molar-refractivity contribution < 1.29 is 4.79 Å². The Hall–Kier alpha value is -2.88. The molecule has 1 N–H and O–H groups in total. The molecular weight excluding hydrogens is 292 g/mol. The van der Waals surface area contributed by atoms with Gasteiger partial charge in [0.15, 0.2) is 0 Å². The van der Waals surface area contributed by atoms with Crippen molar-refractivity contribution in [1.82, 2.24) is 24.4 Å². The molecule has 0 atom stereocenters. The molecule has 0 bridgehead atoms. The van der Waals surface area contributed by atoms with Crippen LogP contribution in [-0.4, -0.2) is 43.4 Å². The summed E-state index contributed by atoms with van der Waals surface area (Å²) < 4.78 is 2.21. The highest BCUT2D eigenvalue weighted by Crippen LogP contribution is 2.30. The molecule has 1 aliphatic heterocycles. The molecule has 0 spiro atoms. The minimum atomic E-state index is -0.0707. The maximum absolute atomic E-state index is 11.8. The van der Waals surface area contributed by atoms with Gasteiger partial charge in [-0.3, -0.25) is 4.79 Å². The van der Waals surface area contributed by atoms with Gasteiger partial charge in [-0.25, -0.2) is 9.97 Å². The maximum Gasteiger partial charge on any atom is 0.236 e. The van der Waals surface area contributed by atoms with Gasteiger partial charge in [0.05, 0.1) is 24.1 Å². The fourth-order valence-corrected chi connectivity index (χ4v) is 3.38. The van der Waals surface area contributed by atoms with Gasteiger partial charge in [0.25, 0.3) is 0 Å². The molecule has 0 aromatic carbocycles. The predicted octanol–water partition coefficient (Wildman–Crippen LogP) is 1.99. The van der Waals surface area contributed by atoms with Crippen molar-refractivity contribution in [2.24, 2.45) is 0 Å². The van der Waals surface area contributed by atoms with E-state index in [1.54, 1.807) is 11.1 Å². The van der Waals surface area contributed by atoms with Crippen LogP contribution in [0.3, 0.4) is 0 Å². The number of amides is 1. The topological polar surface area (TPSA) is 90.6 Å². The summed E-state index contributed by atoms with van der Waals surface area (Å²) in [6.45, 7) is 1.37. The first-order valence-corrected chi connectivity index (χ1v) is 7.71. The Morgan fingerprint density at radius 3 is 3.00 bits per heavy atom. The first-order chi connectivity index (χ1) is 11.3. The van der Waals surface area contributed by atoms with Crippen LogP contribution in [-0.2, 0) is 4.79 Å². The zero-order valence-corrected chi connectivity index (χ0v) is 12.6. The van der Waals surface area contributed by atoms with Crippen molar-refractivity contribution >= 4 is 28.0 Å². The molecular formula is C16H16N6O. The Kier molecular flexibility index (Phi) is 3.23. The van der Waals surface area contributed by atoms with Crippen molar-refractivity contribution in [2.75, 3.05) is 13.1 Å². The molecule has 0 unspecified atom stereocenters. The van der Waals surface area contributed by atoms with Crippen LogP contribution in [0.4, 0.5) is 0 Å². The van der Waals surface area contributed by atoms with E-state index >= 15 is 0 Å². The highest BCUT2D eigenvalue weighted by atomic mass is 16.2. The molecule has 7 nitrogen and oxygen atoms in total. The second-order valence-corrected chi connectivity index (χ2v) is 5.83. The van der Waals surface area contributed by atoms with E-state index in [1.807, 2.05) is 24.7 Å². The van der Waals surface area contributed by atoms with Gasteiger partial charge in [-0.2, -0.15) is 5.26 Å². The lowest BCUT2D eigenvalue weighted by molar-refractivity contribution is -0.131. The van der Waals surface area contributed by atoms with E-state index in [9.17, 15) is 4.79 Å². The van der Waals surface area contributed by atoms with E-state index in [4.69, 9.17) is 5.26 Å². The Bertz CT molecular complexity index is 910. The number of piperidine rings is 1. The van der Waals surface area contributed by atoms with Crippen LogP contribution in [0.5, 0.6) is 0 Å². The number of likely N-dealkylation sites (tertiary alicyclic amines) is 1. The standard InChI is InChI=1S/C16H16N6O/c17-5-1-14(23)21-7-3-11(4-8-21)22-10-20-13-9-19-16-12(15(13)22)2-6-18-16/h2,6,9-11H,1,3-4,7-8H2,(H,18,19). The van der Waals surface area contributed by atoms with Gasteiger partial charge in [0.1, 0.15) is 17.6 Å². The van der Waals surface area contributed by atoms with Gasteiger partial charge in [0, 0.05) is 30.7 Å². The molecule has 1 saturated heterocycles. The molecule has 1 amide bonds. The lowest BCUT2D eigenvalue weighted by atomic mass is 10.0. The number of imidazole rings is 1. The number of carbonyl (C=O) groups excluding carboxylic acids is 1. The molecule has 116 valence electrons. The number of aromatic nitrogens is 4. The van der Waals surface area contributed by atoms with E-state index in [0.717, 1.165) is 34.9 Å². The van der Waals surface area contributed by atoms with Crippen molar-refractivity contribution in [1.29, 1.82) is 5.26 Å². The van der Waals surface area contributed by atoms with Gasteiger partial charge in [-0.05, 0) is 18.9 Å². The minimum absolute atomic E-state index is 0.0334. The van der Waals surface area contributed by atoms with E-state index < -0.39 is 0 Å². The third kappa shape index (κ3) is 2.23. The number of hydrogen-bond acceptors (Lipinski definition) is 4. The first-order valence-electron chi connectivity index (χ1n) is 7.71. The normalized spacial score (nSPS) is 16.0. The number of rotatable bonds is 2. The number of carbonyl (C=O) groups is 1. The van der Waals surface area contributed by atoms with Gasteiger partial charge >= 0.3 is 0 Å². The van der Waals surface area contributed by atoms with Crippen LogP contribution in [0.2, 0.25) is 0 Å². The lowest BCUT2D eigenvalue weighted by Gasteiger charge is -2.32. The predicted molar refractivity (Wildman–Crippen MR) is 84.5 cm³/mol. The molecule has 7 heteroatoms. The van der Waals surface area contributed by atoms with Crippen molar-refractivity contribution in [3.05, 3.63) is 24.8 Å². The summed E-state index contributed by atoms with van der Waals surface area (Å²) in [5.41, 5.74) is 2.85. The highest BCUT2D eigenvalue weighted by Gasteiger charge is 2.25. The van der Waals surface area contributed by atoms with Crippen LogP contribution >= 0.6 is 0 Å². The third-order valence-electron chi connectivity index (χ3n) is 4.56. The fraction of sp³-hybridized carbons (Fsp3) is 0.375. The molecule has 3 aromatic rings. The summed E-state index contributed by atoms with van der Waals surface area (Å²) in [6.07, 6.45) is 7.26. The van der Waals surface area contributed by atoms with Crippen molar-refractivity contribution in [2.45, 2.75) is 25.3 Å². The number of nitriles is 1. The smallest absolute Gasteiger partial charge is 0.236 e. The summed E-state index contributed by atoms with van der Waals surface area (Å²) in [6, 6.07) is 4.26. The van der Waals surface area contributed by atoms with Gasteiger partial charge < -0.3 is 14.5 Å². The Morgan fingerprint density at radius 2 is 2.22 bits per heavy atom. The average molecular weight is 308 g/mol. The summed E-state index contributed by atoms with van der Waals surface area (Å²) in [4.78, 5) is 25.6. The molecule has 4 heterocycles. The highest BCUT2D eigenvalue weighted by molar-refractivity contribution is 6.00. The minimum Gasteiger partial charge on any atom is -0.346 e. The van der Waals surface area contributed by atoms with Crippen LogP contribution in [0, 0.1) is 11.3 Å². The number of nitrogens with one attached hydrogen (secondary N) is 1. The lowest BCUT2D eigenvalue weighted by Crippen LogP contribution is -2.38. The molecule has 0 aliphatic carbocycles. The quantitative estimate of drug-likeness (QED) is 0.784. The van der Waals surface area contributed by atoms with Gasteiger partial charge in [-0.15, -0.1) is 0 Å². The van der Waals surface area contributed by atoms with Gasteiger partial charge in [0.2, 0.25) is 5.91 Å². The average Bonchev–Trinajstić information content (AvgIpc) is 3.21. The Labute approximate surface area is 132 Å².